The van der Waals surface area contributed by atoms with Crippen LogP contribution in [0.2, 0.25) is 0 Å². The number of carbonyl (C=O) groups excluding carboxylic acids is 2. The second-order valence-electron chi connectivity index (χ2n) is 10.0. The fraction of sp³-hybridized carbons (Fsp3) is 0.438. The Morgan fingerprint density at radius 3 is 2.44 bits per heavy atom. The third-order valence-electron chi connectivity index (χ3n) is 7.35. The highest BCUT2D eigenvalue weighted by molar-refractivity contribution is 6.04. The summed E-state index contributed by atoms with van der Waals surface area (Å²) in [5.41, 5.74) is 4.43. The molecule has 39 heavy (non-hydrogen) atoms. The molecule has 2 atom stereocenters. The Labute approximate surface area is 231 Å². The minimum atomic E-state index is -0.567. The van der Waals surface area contributed by atoms with Gasteiger partial charge in [-0.05, 0) is 55.9 Å². The number of ether oxygens (including phenoxy) is 4. The van der Waals surface area contributed by atoms with Crippen LogP contribution in [0.3, 0.4) is 0 Å². The number of Topliss-reactive ketones (excluding diaryl/α,β-unsaturated/α-hetero) is 1. The van der Waals surface area contributed by atoms with E-state index in [-0.39, 0.29) is 11.7 Å². The van der Waals surface area contributed by atoms with Crippen LogP contribution in [0.4, 0.5) is 0 Å². The van der Waals surface area contributed by atoms with Gasteiger partial charge in [-0.2, -0.15) is 0 Å². The van der Waals surface area contributed by atoms with Gasteiger partial charge >= 0.3 is 5.97 Å². The number of unbranched alkanes of at least 4 members (excludes halogenated alkanes) is 1. The van der Waals surface area contributed by atoms with Crippen molar-refractivity contribution in [3.63, 3.8) is 0 Å². The smallest absolute Gasteiger partial charge is 0.336 e. The van der Waals surface area contributed by atoms with Crippen molar-refractivity contribution in [3.05, 3.63) is 76.1 Å². The molecule has 4 rings (SSSR count). The van der Waals surface area contributed by atoms with Crippen molar-refractivity contribution in [2.45, 2.75) is 64.7 Å². The average molecular weight is 534 g/mol. The van der Waals surface area contributed by atoms with Crippen LogP contribution in [-0.2, 0) is 14.3 Å². The van der Waals surface area contributed by atoms with Crippen LogP contribution in [0.25, 0.3) is 0 Å². The fourth-order valence-electron chi connectivity index (χ4n) is 5.41. The first kappa shape index (κ1) is 28.3. The van der Waals surface area contributed by atoms with Crippen molar-refractivity contribution in [1.29, 1.82) is 0 Å². The first-order chi connectivity index (χ1) is 18.9. The number of carbonyl (C=O) groups is 2. The Morgan fingerprint density at radius 1 is 0.949 bits per heavy atom. The number of methoxy groups -OCH3 is 2. The van der Waals surface area contributed by atoms with E-state index in [0.717, 1.165) is 29.7 Å². The maximum atomic E-state index is 14.0. The highest BCUT2D eigenvalue weighted by Crippen LogP contribution is 2.48. The van der Waals surface area contributed by atoms with Gasteiger partial charge in [0.1, 0.15) is 5.75 Å². The monoisotopic (exact) mass is 533 g/mol. The van der Waals surface area contributed by atoms with Gasteiger partial charge in [0, 0.05) is 29.0 Å². The minimum absolute atomic E-state index is 0.00480. The van der Waals surface area contributed by atoms with Gasteiger partial charge in [0.05, 0.1) is 38.9 Å². The molecule has 1 aliphatic heterocycles. The Hall–Kier alpha value is -3.74. The number of ketones is 1. The molecule has 0 saturated carbocycles. The van der Waals surface area contributed by atoms with Crippen LogP contribution < -0.4 is 19.5 Å². The molecule has 208 valence electrons. The molecular formula is C32H39NO6. The zero-order valence-corrected chi connectivity index (χ0v) is 23.6. The number of para-hydroxylation sites is 1. The summed E-state index contributed by atoms with van der Waals surface area (Å²) in [4.78, 5) is 27.4. The second-order valence-corrected chi connectivity index (χ2v) is 10.0. The predicted molar refractivity (Wildman–Crippen MR) is 150 cm³/mol. The summed E-state index contributed by atoms with van der Waals surface area (Å²) in [5.74, 6) is 0.957. The lowest BCUT2D eigenvalue weighted by Gasteiger charge is -2.37. The first-order valence-electron chi connectivity index (χ1n) is 13.8. The van der Waals surface area contributed by atoms with Crippen LogP contribution in [-0.4, -0.2) is 39.2 Å². The SMILES string of the molecule is CCCCOc1ccccc1[C@H]1C(C(=O)OCCC)=C(C)NC2=C1C(=O)C[C@H](c1ccc(OC)c(OC)c1)C2. The van der Waals surface area contributed by atoms with Crippen molar-refractivity contribution in [2.75, 3.05) is 27.4 Å². The molecule has 0 amide bonds. The third kappa shape index (κ3) is 5.97. The highest BCUT2D eigenvalue weighted by atomic mass is 16.5. The van der Waals surface area contributed by atoms with E-state index in [1.54, 1.807) is 14.2 Å². The molecule has 1 N–H and O–H groups in total. The number of hydrogen-bond donors (Lipinski definition) is 1. The molecule has 1 heterocycles. The first-order valence-corrected chi connectivity index (χ1v) is 13.8. The van der Waals surface area contributed by atoms with E-state index >= 15 is 0 Å². The topological polar surface area (TPSA) is 83.1 Å². The summed E-state index contributed by atoms with van der Waals surface area (Å²) in [6, 6.07) is 13.5. The van der Waals surface area contributed by atoms with E-state index in [0.29, 0.717) is 66.6 Å². The number of nitrogens with one attached hydrogen (secondary N) is 1. The maximum absolute atomic E-state index is 14.0. The van der Waals surface area contributed by atoms with E-state index < -0.39 is 11.9 Å². The van der Waals surface area contributed by atoms with Gasteiger partial charge in [-0.25, -0.2) is 4.79 Å². The van der Waals surface area contributed by atoms with Crippen LogP contribution >= 0.6 is 0 Å². The lowest BCUT2D eigenvalue weighted by molar-refractivity contribution is -0.139. The van der Waals surface area contributed by atoms with Crippen LogP contribution in [0.1, 0.15) is 75.8 Å². The molecular weight excluding hydrogens is 494 g/mol. The summed E-state index contributed by atoms with van der Waals surface area (Å²) in [6.07, 6.45) is 3.59. The predicted octanol–water partition coefficient (Wildman–Crippen LogP) is 6.20. The van der Waals surface area contributed by atoms with Crippen molar-refractivity contribution in [1.82, 2.24) is 5.32 Å². The van der Waals surface area contributed by atoms with Crippen LogP contribution in [0.5, 0.6) is 17.2 Å². The second kappa shape index (κ2) is 12.9. The molecule has 2 aromatic carbocycles. The molecule has 1 aliphatic carbocycles. The molecule has 0 radical (unpaired) electrons. The van der Waals surface area contributed by atoms with Crippen LogP contribution in [0.15, 0.2) is 65.0 Å². The van der Waals surface area contributed by atoms with Crippen molar-refractivity contribution in [3.8, 4) is 17.2 Å². The molecule has 0 bridgehead atoms. The molecule has 0 aromatic heterocycles. The quantitative estimate of drug-likeness (QED) is 0.272. The summed E-state index contributed by atoms with van der Waals surface area (Å²) in [6.45, 7) is 6.84. The van der Waals surface area contributed by atoms with Crippen molar-refractivity contribution >= 4 is 11.8 Å². The van der Waals surface area contributed by atoms with E-state index in [2.05, 4.69) is 12.2 Å². The summed E-state index contributed by atoms with van der Waals surface area (Å²) in [7, 11) is 3.21. The molecule has 2 aliphatic rings. The van der Waals surface area contributed by atoms with E-state index in [1.165, 1.54) is 0 Å². The summed E-state index contributed by atoms with van der Waals surface area (Å²) in [5, 5.41) is 3.42. The number of allylic oxidation sites excluding steroid dienone is 3. The number of rotatable bonds is 11. The number of hydrogen-bond acceptors (Lipinski definition) is 7. The molecule has 0 saturated heterocycles. The molecule has 0 unspecified atom stereocenters. The fourth-order valence-corrected chi connectivity index (χ4v) is 5.41. The van der Waals surface area contributed by atoms with Crippen molar-refractivity contribution in [2.24, 2.45) is 0 Å². The van der Waals surface area contributed by atoms with E-state index in [9.17, 15) is 9.59 Å². The zero-order chi connectivity index (χ0) is 27.9. The van der Waals surface area contributed by atoms with Gasteiger partial charge in [-0.3, -0.25) is 4.79 Å². The number of esters is 1. The molecule has 7 nitrogen and oxygen atoms in total. The van der Waals surface area contributed by atoms with Gasteiger partial charge < -0.3 is 24.3 Å². The Bertz CT molecular complexity index is 1280. The van der Waals surface area contributed by atoms with Gasteiger partial charge in [-0.1, -0.05) is 44.5 Å². The maximum Gasteiger partial charge on any atom is 0.336 e. The van der Waals surface area contributed by atoms with Gasteiger partial charge in [0.25, 0.3) is 0 Å². The van der Waals surface area contributed by atoms with Crippen molar-refractivity contribution < 1.29 is 28.5 Å². The Balaban J connectivity index is 1.78. The number of benzene rings is 2. The average Bonchev–Trinajstić information content (AvgIpc) is 2.95. The highest BCUT2D eigenvalue weighted by Gasteiger charge is 2.42. The Kier molecular flexibility index (Phi) is 9.33. The van der Waals surface area contributed by atoms with Gasteiger partial charge in [0.2, 0.25) is 0 Å². The molecule has 0 fully saturated rings. The zero-order valence-electron chi connectivity index (χ0n) is 23.6. The van der Waals surface area contributed by atoms with E-state index in [1.807, 2.05) is 56.3 Å². The third-order valence-corrected chi connectivity index (χ3v) is 7.35. The summed E-state index contributed by atoms with van der Waals surface area (Å²) >= 11 is 0. The molecule has 2 aromatic rings. The summed E-state index contributed by atoms with van der Waals surface area (Å²) < 4.78 is 22.7. The van der Waals surface area contributed by atoms with E-state index in [4.69, 9.17) is 18.9 Å². The largest absolute Gasteiger partial charge is 0.493 e. The standard InChI is InChI=1S/C32H39NO6/c1-6-8-16-38-26-12-10-9-11-23(26)30-29(32(35)39-15-7-2)20(3)33-24-17-22(18-25(34)31(24)30)21-13-14-27(36-4)28(19-21)37-5/h9-14,19,22,30,33H,6-8,15-18H2,1-5H3/t22-,30+/m1/s1. The molecule has 0 spiro atoms. The number of dihydropyridines is 1. The normalized spacial score (nSPS) is 18.8. The minimum Gasteiger partial charge on any atom is -0.493 e. The van der Waals surface area contributed by atoms with Crippen LogP contribution in [0, 0.1) is 0 Å². The molecule has 7 heteroatoms. The lowest BCUT2D eigenvalue weighted by atomic mass is 9.71. The Morgan fingerprint density at radius 2 is 1.72 bits per heavy atom. The lowest BCUT2D eigenvalue weighted by Crippen LogP contribution is -2.36. The van der Waals surface area contributed by atoms with Gasteiger partial charge in [-0.15, -0.1) is 0 Å². The van der Waals surface area contributed by atoms with Gasteiger partial charge in [0.15, 0.2) is 17.3 Å².